The first-order valence-corrected chi connectivity index (χ1v) is 6.24. The summed E-state index contributed by atoms with van der Waals surface area (Å²) >= 11 is 5.84. The van der Waals surface area contributed by atoms with Crippen molar-refractivity contribution < 1.29 is 0 Å². The Morgan fingerprint density at radius 3 is 1.94 bits per heavy atom. The van der Waals surface area contributed by atoms with Crippen LogP contribution in [0, 0.1) is 13.8 Å². The maximum atomic E-state index is 6.02. The minimum absolute atomic E-state index is 0.0596. The topological polar surface area (TPSA) is 26.0 Å². The first kappa shape index (κ1) is 13.5. The van der Waals surface area contributed by atoms with Gasteiger partial charge in [-0.2, -0.15) is 0 Å². The van der Waals surface area contributed by atoms with Crippen molar-refractivity contribution in [3.63, 3.8) is 0 Å². The summed E-state index contributed by atoms with van der Waals surface area (Å²) in [5.74, 6) is 0.469. The van der Waals surface area contributed by atoms with Crippen LogP contribution >= 0.6 is 11.6 Å². The lowest BCUT2D eigenvalue weighted by Gasteiger charge is -2.23. The molecule has 1 unspecified atom stereocenters. The van der Waals surface area contributed by atoms with Crippen LogP contribution in [0.5, 0.6) is 0 Å². The summed E-state index contributed by atoms with van der Waals surface area (Å²) in [4.78, 5) is 0. The van der Waals surface area contributed by atoms with Gasteiger partial charge < -0.3 is 5.73 Å². The Morgan fingerprint density at radius 1 is 1.19 bits per heavy atom. The largest absolute Gasteiger partial charge is 0.323 e. The van der Waals surface area contributed by atoms with Gasteiger partial charge in [-0.15, -0.1) is 11.6 Å². The SMILES string of the molecule is Cc1cc(C(C)(C)C)cc(C)c1C(N)CCl. The van der Waals surface area contributed by atoms with Crippen LogP contribution in [0.4, 0.5) is 0 Å². The smallest absolute Gasteiger partial charge is 0.0437 e. The maximum Gasteiger partial charge on any atom is 0.0437 e. The van der Waals surface area contributed by atoms with E-state index in [4.69, 9.17) is 17.3 Å². The fraction of sp³-hybridized carbons (Fsp3) is 0.571. The molecule has 0 saturated heterocycles. The van der Waals surface area contributed by atoms with Crippen molar-refractivity contribution in [2.75, 3.05) is 5.88 Å². The highest BCUT2D eigenvalue weighted by Crippen LogP contribution is 2.29. The van der Waals surface area contributed by atoms with Crippen molar-refractivity contribution >= 4 is 11.6 Å². The van der Waals surface area contributed by atoms with E-state index in [-0.39, 0.29) is 11.5 Å². The molecule has 0 amide bonds. The lowest BCUT2D eigenvalue weighted by molar-refractivity contribution is 0.588. The Morgan fingerprint density at radius 2 is 1.62 bits per heavy atom. The molecule has 90 valence electrons. The molecular weight excluding hydrogens is 218 g/mol. The molecule has 0 aliphatic rings. The van der Waals surface area contributed by atoms with Crippen LogP contribution < -0.4 is 5.73 Å². The molecule has 1 atom stereocenters. The van der Waals surface area contributed by atoms with E-state index >= 15 is 0 Å². The van der Waals surface area contributed by atoms with Gasteiger partial charge in [0.15, 0.2) is 0 Å². The number of rotatable bonds is 2. The van der Waals surface area contributed by atoms with E-state index in [1.54, 1.807) is 0 Å². The van der Waals surface area contributed by atoms with E-state index in [0.29, 0.717) is 5.88 Å². The minimum atomic E-state index is -0.0596. The Kier molecular flexibility index (Phi) is 4.03. The minimum Gasteiger partial charge on any atom is -0.323 e. The molecule has 0 heterocycles. The molecule has 0 aromatic heterocycles. The Bertz CT molecular complexity index is 354. The van der Waals surface area contributed by atoms with Crippen molar-refractivity contribution in [3.05, 3.63) is 34.4 Å². The summed E-state index contributed by atoms with van der Waals surface area (Å²) < 4.78 is 0. The van der Waals surface area contributed by atoms with Gasteiger partial charge in [-0.05, 0) is 41.5 Å². The normalized spacial score (nSPS) is 13.9. The van der Waals surface area contributed by atoms with E-state index in [0.717, 1.165) is 0 Å². The number of hydrogen-bond donors (Lipinski definition) is 1. The van der Waals surface area contributed by atoms with Crippen LogP contribution in [0.3, 0.4) is 0 Å². The fourth-order valence-corrected chi connectivity index (χ4v) is 2.22. The average molecular weight is 240 g/mol. The van der Waals surface area contributed by atoms with Crippen molar-refractivity contribution in [2.24, 2.45) is 5.73 Å². The van der Waals surface area contributed by atoms with Gasteiger partial charge in [-0.25, -0.2) is 0 Å². The number of hydrogen-bond acceptors (Lipinski definition) is 1. The van der Waals surface area contributed by atoms with Crippen LogP contribution in [-0.4, -0.2) is 5.88 Å². The predicted molar refractivity (Wildman–Crippen MR) is 72.3 cm³/mol. The van der Waals surface area contributed by atoms with Gasteiger partial charge in [0.05, 0.1) is 0 Å². The van der Waals surface area contributed by atoms with Crippen LogP contribution in [0.2, 0.25) is 0 Å². The number of benzene rings is 1. The molecule has 1 nitrogen and oxygen atoms in total. The number of nitrogens with two attached hydrogens (primary N) is 1. The highest BCUT2D eigenvalue weighted by atomic mass is 35.5. The molecule has 1 aromatic rings. The predicted octanol–water partition coefficient (Wildman–Crippen LogP) is 3.84. The lowest BCUT2D eigenvalue weighted by Crippen LogP contribution is -2.17. The van der Waals surface area contributed by atoms with Gasteiger partial charge in [0, 0.05) is 11.9 Å². The molecule has 2 N–H and O–H groups in total. The summed E-state index contributed by atoms with van der Waals surface area (Å²) in [6.07, 6.45) is 0. The van der Waals surface area contributed by atoms with Crippen LogP contribution in [-0.2, 0) is 5.41 Å². The third-order valence-electron chi connectivity index (χ3n) is 3.00. The summed E-state index contributed by atoms with van der Waals surface area (Å²) in [5, 5.41) is 0. The third kappa shape index (κ3) is 2.78. The van der Waals surface area contributed by atoms with Gasteiger partial charge in [0.2, 0.25) is 0 Å². The lowest BCUT2D eigenvalue weighted by atomic mass is 9.83. The van der Waals surface area contributed by atoms with Crippen molar-refractivity contribution in [3.8, 4) is 0 Å². The molecule has 0 aliphatic carbocycles. The molecule has 0 bridgehead atoms. The molecule has 2 heteroatoms. The molecule has 0 spiro atoms. The monoisotopic (exact) mass is 239 g/mol. The first-order chi connectivity index (χ1) is 7.27. The number of aryl methyl sites for hydroxylation is 2. The van der Waals surface area contributed by atoms with E-state index in [1.807, 2.05) is 0 Å². The van der Waals surface area contributed by atoms with Crippen LogP contribution in [0.25, 0.3) is 0 Å². The third-order valence-corrected chi connectivity index (χ3v) is 3.33. The zero-order valence-electron chi connectivity index (χ0n) is 10.9. The average Bonchev–Trinajstić information content (AvgIpc) is 2.14. The summed E-state index contributed by atoms with van der Waals surface area (Å²) in [7, 11) is 0. The molecule has 16 heavy (non-hydrogen) atoms. The summed E-state index contributed by atoms with van der Waals surface area (Å²) in [6.45, 7) is 10.9. The van der Waals surface area contributed by atoms with Gasteiger partial charge in [0.1, 0.15) is 0 Å². The molecule has 0 aliphatic heterocycles. The second kappa shape index (κ2) is 4.77. The number of alkyl halides is 1. The zero-order valence-corrected chi connectivity index (χ0v) is 11.7. The number of halogens is 1. The van der Waals surface area contributed by atoms with E-state index < -0.39 is 0 Å². The summed E-state index contributed by atoms with van der Waals surface area (Å²) in [5.41, 5.74) is 11.3. The van der Waals surface area contributed by atoms with Gasteiger partial charge in [0.25, 0.3) is 0 Å². The van der Waals surface area contributed by atoms with E-state index in [2.05, 4.69) is 46.8 Å². The van der Waals surface area contributed by atoms with Crippen molar-refractivity contribution in [1.82, 2.24) is 0 Å². The Balaban J connectivity index is 3.28. The van der Waals surface area contributed by atoms with Gasteiger partial charge in [-0.3, -0.25) is 0 Å². The Hall–Kier alpha value is -0.530. The van der Waals surface area contributed by atoms with Gasteiger partial charge in [-0.1, -0.05) is 32.9 Å². The van der Waals surface area contributed by atoms with Gasteiger partial charge >= 0.3 is 0 Å². The molecule has 0 fully saturated rings. The van der Waals surface area contributed by atoms with Crippen LogP contribution in [0.15, 0.2) is 12.1 Å². The standard InChI is InChI=1S/C14H22ClN/c1-9-6-11(14(3,4)5)7-10(2)13(9)12(16)8-15/h6-7,12H,8,16H2,1-5H3. The molecule has 1 aromatic carbocycles. The summed E-state index contributed by atoms with van der Waals surface area (Å²) in [6, 6.07) is 4.40. The van der Waals surface area contributed by atoms with E-state index in [9.17, 15) is 0 Å². The molecular formula is C14H22ClN. The quantitative estimate of drug-likeness (QED) is 0.780. The maximum absolute atomic E-state index is 6.02. The van der Waals surface area contributed by atoms with E-state index in [1.165, 1.54) is 22.3 Å². The second-order valence-corrected chi connectivity index (χ2v) is 5.84. The molecule has 1 rings (SSSR count). The Labute approximate surface area is 104 Å². The fourth-order valence-electron chi connectivity index (χ4n) is 2.07. The first-order valence-electron chi connectivity index (χ1n) is 5.70. The van der Waals surface area contributed by atoms with Crippen molar-refractivity contribution in [1.29, 1.82) is 0 Å². The van der Waals surface area contributed by atoms with Crippen molar-refractivity contribution in [2.45, 2.75) is 46.1 Å². The van der Waals surface area contributed by atoms with Crippen LogP contribution in [0.1, 0.15) is 49.1 Å². The highest BCUT2D eigenvalue weighted by molar-refractivity contribution is 6.18. The zero-order chi connectivity index (χ0) is 12.5. The highest BCUT2D eigenvalue weighted by Gasteiger charge is 2.18. The molecule has 0 saturated carbocycles. The second-order valence-electron chi connectivity index (χ2n) is 5.53. The molecule has 0 radical (unpaired) electrons.